The number of nitrogens with zero attached hydrogens (tertiary/aromatic N) is 1. The van der Waals surface area contributed by atoms with Crippen LogP contribution in [0.3, 0.4) is 0 Å². The topological polar surface area (TPSA) is 46.6 Å². The van der Waals surface area contributed by atoms with Crippen molar-refractivity contribution in [1.82, 2.24) is 4.90 Å². The van der Waals surface area contributed by atoms with E-state index in [1.54, 1.807) is 11.9 Å². The standard InChI is InChI=1S/C14H27NO3/c1-7-8-11(2)15(6)12(16)9-10-13(17)18-14(3,4)5/h11H,7-10H2,1-6H3. The van der Waals surface area contributed by atoms with Crippen LogP contribution in [0.25, 0.3) is 0 Å². The van der Waals surface area contributed by atoms with Crippen molar-refractivity contribution < 1.29 is 14.3 Å². The Labute approximate surface area is 111 Å². The first-order valence-electron chi connectivity index (χ1n) is 6.65. The maximum Gasteiger partial charge on any atom is 0.306 e. The van der Waals surface area contributed by atoms with Gasteiger partial charge in [0, 0.05) is 19.5 Å². The van der Waals surface area contributed by atoms with Crippen LogP contribution >= 0.6 is 0 Å². The van der Waals surface area contributed by atoms with Gasteiger partial charge in [0.05, 0.1) is 6.42 Å². The molecule has 0 radical (unpaired) electrons. The minimum atomic E-state index is -0.485. The zero-order valence-corrected chi connectivity index (χ0v) is 12.6. The highest BCUT2D eigenvalue weighted by atomic mass is 16.6. The number of esters is 1. The average Bonchev–Trinajstić information content (AvgIpc) is 2.22. The molecule has 106 valence electrons. The smallest absolute Gasteiger partial charge is 0.306 e. The van der Waals surface area contributed by atoms with Crippen LogP contribution in [0.4, 0.5) is 0 Å². The van der Waals surface area contributed by atoms with Gasteiger partial charge in [-0.15, -0.1) is 0 Å². The number of amides is 1. The number of ether oxygens (including phenoxy) is 1. The molecular weight excluding hydrogens is 230 g/mol. The first-order valence-corrected chi connectivity index (χ1v) is 6.65. The van der Waals surface area contributed by atoms with Crippen LogP contribution < -0.4 is 0 Å². The molecule has 1 unspecified atom stereocenters. The van der Waals surface area contributed by atoms with Gasteiger partial charge in [-0.2, -0.15) is 0 Å². The molecule has 1 amide bonds. The first-order chi connectivity index (χ1) is 8.17. The zero-order chi connectivity index (χ0) is 14.3. The lowest BCUT2D eigenvalue weighted by molar-refractivity contribution is -0.156. The monoisotopic (exact) mass is 257 g/mol. The zero-order valence-electron chi connectivity index (χ0n) is 12.6. The third kappa shape index (κ3) is 7.30. The van der Waals surface area contributed by atoms with Crippen LogP contribution in [-0.4, -0.2) is 35.5 Å². The maximum absolute atomic E-state index is 11.8. The lowest BCUT2D eigenvalue weighted by Gasteiger charge is -2.25. The lowest BCUT2D eigenvalue weighted by Crippen LogP contribution is -2.35. The number of carbonyl (C=O) groups is 2. The molecule has 0 N–H and O–H groups in total. The van der Waals surface area contributed by atoms with Crippen molar-refractivity contribution in [1.29, 1.82) is 0 Å². The van der Waals surface area contributed by atoms with E-state index in [-0.39, 0.29) is 30.8 Å². The normalized spacial score (nSPS) is 13.0. The van der Waals surface area contributed by atoms with E-state index >= 15 is 0 Å². The van der Waals surface area contributed by atoms with Crippen molar-refractivity contribution in [2.24, 2.45) is 0 Å². The van der Waals surface area contributed by atoms with Gasteiger partial charge in [0.2, 0.25) is 5.91 Å². The molecule has 0 spiro atoms. The fourth-order valence-electron chi connectivity index (χ4n) is 1.64. The Hall–Kier alpha value is -1.06. The molecule has 0 saturated heterocycles. The molecule has 4 nitrogen and oxygen atoms in total. The molecule has 18 heavy (non-hydrogen) atoms. The molecule has 0 aliphatic rings. The van der Waals surface area contributed by atoms with Gasteiger partial charge in [0.25, 0.3) is 0 Å². The SMILES string of the molecule is CCCC(C)N(C)C(=O)CCC(=O)OC(C)(C)C. The summed E-state index contributed by atoms with van der Waals surface area (Å²) in [6, 6.07) is 0.223. The summed E-state index contributed by atoms with van der Waals surface area (Å²) in [5.41, 5.74) is -0.485. The second-order valence-corrected chi connectivity index (χ2v) is 5.73. The van der Waals surface area contributed by atoms with E-state index in [1.165, 1.54) is 0 Å². The fourth-order valence-corrected chi connectivity index (χ4v) is 1.64. The Morgan fingerprint density at radius 1 is 1.22 bits per heavy atom. The van der Waals surface area contributed by atoms with E-state index in [0.717, 1.165) is 12.8 Å². The van der Waals surface area contributed by atoms with Gasteiger partial charge in [-0.1, -0.05) is 13.3 Å². The highest BCUT2D eigenvalue weighted by Gasteiger charge is 2.19. The Morgan fingerprint density at radius 2 is 1.78 bits per heavy atom. The van der Waals surface area contributed by atoms with Gasteiger partial charge in [-0.05, 0) is 34.1 Å². The van der Waals surface area contributed by atoms with E-state index in [0.29, 0.717) is 0 Å². The van der Waals surface area contributed by atoms with E-state index in [1.807, 2.05) is 27.7 Å². The van der Waals surface area contributed by atoms with Crippen LogP contribution in [0.2, 0.25) is 0 Å². The second kappa shape index (κ2) is 7.39. The summed E-state index contributed by atoms with van der Waals surface area (Å²) in [6.45, 7) is 9.58. The van der Waals surface area contributed by atoms with E-state index in [4.69, 9.17) is 4.74 Å². The van der Waals surface area contributed by atoms with Gasteiger partial charge >= 0.3 is 5.97 Å². The molecule has 0 bridgehead atoms. The van der Waals surface area contributed by atoms with Crippen LogP contribution in [0, 0.1) is 0 Å². The van der Waals surface area contributed by atoms with Crippen LogP contribution in [0.5, 0.6) is 0 Å². The number of carbonyl (C=O) groups excluding carboxylic acids is 2. The minimum absolute atomic E-state index is 0.00168. The number of hydrogen-bond donors (Lipinski definition) is 0. The van der Waals surface area contributed by atoms with Crippen molar-refractivity contribution in [3.63, 3.8) is 0 Å². The Morgan fingerprint density at radius 3 is 2.22 bits per heavy atom. The summed E-state index contributed by atoms with van der Waals surface area (Å²) in [5, 5.41) is 0. The maximum atomic E-state index is 11.8. The first kappa shape index (κ1) is 16.9. The van der Waals surface area contributed by atoms with Crippen molar-refractivity contribution in [3.8, 4) is 0 Å². The summed E-state index contributed by atoms with van der Waals surface area (Å²) < 4.78 is 5.17. The van der Waals surface area contributed by atoms with Gasteiger partial charge in [-0.25, -0.2) is 0 Å². The molecule has 0 fully saturated rings. The summed E-state index contributed by atoms with van der Waals surface area (Å²) in [5.74, 6) is -0.311. The van der Waals surface area contributed by atoms with Crippen molar-refractivity contribution in [2.45, 2.75) is 71.9 Å². The molecule has 0 aromatic carbocycles. The average molecular weight is 257 g/mol. The molecule has 0 aromatic rings. The summed E-state index contributed by atoms with van der Waals surface area (Å²) in [4.78, 5) is 25.1. The highest BCUT2D eigenvalue weighted by Crippen LogP contribution is 2.11. The molecular formula is C14H27NO3. The Balaban J connectivity index is 4.06. The van der Waals surface area contributed by atoms with Crippen LogP contribution in [0.15, 0.2) is 0 Å². The summed E-state index contributed by atoms with van der Waals surface area (Å²) in [6.07, 6.45) is 2.40. The van der Waals surface area contributed by atoms with E-state index in [2.05, 4.69) is 6.92 Å². The summed E-state index contributed by atoms with van der Waals surface area (Å²) >= 11 is 0. The molecule has 0 rings (SSSR count). The second-order valence-electron chi connectivity index (χ2n) is 5.73. The van der Waals surface area contributed by atoms with Gasteiger partial charge in [0.15, 0.2) is 0 Å². The molecule has 0 aromatic heterocycles. The quantitative estimate of drug-likeness (QED) is 0.687. The van der Waals surface area contributed by atoms with Gasteiger partial charge < -0.3 is 9.64 Å². The molecule has 4 heteroatoms. The lowest BCUT2D eigenvalue weighted by atomic mass is 10.1. The van der Waals surface area contributed by atoms with Crippen molar-refractivity contribution in [2.75, 3.05) is 7.05 Å². The predicted octanol–water partition coefficient (Wildman–Crippen LogP) is 2.76. The van der Waals surface area contributed by atoms with Gasteiger partial charge in [0.1, 0.15) is 5.60 Å². The number of hydrogen-bond acceptors (Lipinski definition) is 3. The molecule has 0 heterocycles. The Kier molecular flexibility index (Phi) is 6.96. The van der Waals surface area contributed by atoms with E-state index < -0.39 is 5.60 Å². The fraction of sp³-hybridized carbons (Fsp3) is 0.857. The van der Waals surface area contributed by atoms with Gasteiger partial charge in [-0.3, -0.25) is 9.59 Å². The molecule has 0 aliphatic heterocycles. The van der Waals surface area contributed by atoms with Crippen molar-refractivity contribution >= 4 is 11.9 Å². The highest BCUT2D eigenvalue weighted by molar-refractivity contribution is 5.81. The molecule has 0 saturated carbocycles. The Bertz CT molecular complexity index is 281. The third-order valence-corrected chi connectivity index (χ3v) is 2.72. The summed E-state index contributed by atoms with van der Waals surface area (Å²) in [7, 11) is 1.79. The molecule has 1 atom stereocenters. The minimum Gasteiger partial charge on any atom is -0.460 e. The third-order valence-electron chi connectivity index (χ3n) is 2.72. The number of rotatable bonds is 6. The largest absolute Gasteiger partial charge is 0.460 e. The predicted molar refractivity (Wildman–Crippen MR) is 72.2 cm³/mol. The van der Waals surface area contributed by atoms with E-state index in [9.17, 15) is 9.59 Å². The van der Waals surface area contributed by atoms with Crippen LogP contribution in [-0.2, 0) is 14.3 Å². The van der Waals surface area contributed by atoms with Crippen LogP contribution in [0.1, 0.15) is 60.3 Å². The van der Waals surface area contributed by atoms with Crippen molar-refractivity contribution in [3.05, 3.63) is 0 Å². The molecule has 0 aliphatic carbocycles.